The minimum absolute atomic E-state index is 0.0287. The highest BCUT2D eigenvalue weighted by atomic mass is 16.5. The minimum Gasteiger partial charge on any atom is -0.493 e. The molecule has 0 bridgehead atoms. The highest BCUT2D eigenvalue weighted by molar-refractivity contribution is 5.98. The van der Waals surface area contributed by atoms with Crippen molar-refractivity contribution in [2.75, 3.05) is 11.9 Å². The van der Waals surface area contributed by atoms with Gasteiger partial charge in [0.05, 0.1) is 6.61 Å². The van der Waals surface area contributed by atoms with Crippen LogP contribution >= 0.6 is 0 Å². The summed E-state index contributed by atoms with van der Waals surface area (Å²) >= 11 is 0. The molecule has 6 nitrogen and oxygen atoms in total. The lowest BCUT2D eigenvalue weighted by molar-refractivity contribution is -0.137. The first-order valence-electron chi connectivity index (χ1n) is 9.41. The maximum Gasteiger partial charge on any atom is 0.323 e. The standard InChI is InChI=1S/C22H20N2O4/c25-20(26)13-24-9-7-14-11-15(5-6-18(14)24)23-21(27)17-12-22(17)8-10-28-19-4-2-1-3-16(19)22/h1-7,9,11,17H,8,10,12-13H2,(H,23,27)(H,25,26)/t17-,22-/m0/s1. The molecule has 2 aromatic carbocycles. The van der Waals surface area contributed by atoms with E-state index in [1.165, 1.54) is 0 Å². The van der Waals surface area contributed by atoms with Crippen LogP contribution in [0.5, 0.6) is 5.75 Å². The molecule has 1 aliphatic carbocycles. The van der Waals surface area contributed by atoms with Crippen molar-refractivity contribution in [2.24, 2.45) is 5.92 Å². The third kappa shape index (κ3) is 2.64. The summed E-state index contributed by atoms with van der Waals surface area (Å²) in [6, 6.07) is 15.4. The minimum atomic E-state index is -0.884. The van der Waals surface area contributed by atoms with Crippen molar-refractivity contribution in [3.05, 3.63) is 60.3 Å². The van der Waals surface area contributed by atoms with Gasteiger partial charge in [-0.3, -0.25) is 9.59 Å². The van der Waals surface area contributed by atoms with Gasteiger partial charge < -0.3 is 19.7 Å². The SMILES string of the molecule is O=C(O)Cn1ccc2cc(NC(=O)[C@@H]3C[C@]34CCOc3ccccc34)ccc21. The summed E-state index contributed by atoms with van der Waals surface area (Å²) in [5.74, 6) is -0.0122. The Labute approximate surface area is 161 Å². The number of carboxylic acids is 1. The first-order chi connectivity index (χ1) is 13.6. The summed E-state index contributed by atoms with van der Waals surface area (Å²) in [6.07, 6.45) is 3.45. The number of amides is 1. The van der Waals surface area contributed by atoms with Crippen LogP contribution in [0.15, 0.2) is 54.7 Å². The molecule has 5 rings (SSSR count). The second-order valence-electron chi connectivity index (χ2n) is 7.61. The van der Waals surface area contributed by atoms with Crippen molar-refractivity contribution in [1.82, 2.24) is 4.57 Å². The van der Waals surface area contributed by atoms with Crippen LogP contribution in [0, 0.1) is 5.92 Å². The maximum absolute atomic E-state index is 12.9. The lowest BCUT2D eigenvalue weighted by Crippen LogP contribution is -2.26. The van der Waals surface area contributed by atoms with E-state index in [1.54, 1.807) is 10.8 Å². The molecular formula is C22H20N2O4. The summed E-state index contributed by atoms with van der Waals surface area (Å²) in [7, 11) is 0. The molecule has 1 fully saturated rings. The lowest BCUT2D eigenvalue weighted by Gasteiger charge is -2.26. The van der Waals surface area contributed by atoms with E-state index in [0.29, 0.717) is 6.61 Å². The fraction of sp³-hybridized carbons (Fsp3) is 0.273. The molecule has 1 saturated carbocycles. The van der Waals surface area contributed by atoms with E-state index in [9.17, 15) is 9.59 Å². The van der Waals surface area contributed by atoms with Crippen LogP contribution in [-0.2, 0) is 21.5 Å². The largest absolute Gasteiger partial charge is 0.493 e. The molecule has 0 saturated heterocycles. The number of benzene rings is 2. The zero-order valence-electron chi connectivity index (χ0n) is 15.2. The molecule has 1 spiro atoms. The highest BCUT2D eigenvalue weighted by Gasteiger charge is 2.60. The number of fused-ring (bicyclic) bond motifs is 3. The van der Waals surface area contributed by atoms with E-state index >= 15 is 0 Å². The summed E-state index contributed by atoms with van der Waals surface area (Å²) in [5, 5.41) is 12.9. The Bertz CT molecular complexity index is 1100. The number of hydrogen-bond acceptors (Lipinski definition) is 3. The van der Waals surface area contributed by atoms with Crippen molar-refractivity contribution in [3.8, 4) is 5.75 Å². The monoisotopic (exact) mass is 376 g/mol. The quantitative estimate of drug-likeness (QED) is 0.731. The van der Waals surface area contributed by atoms with Gasteiger partial charge >= 0.3 is 5.97 Å². The average Bonchev–Trinajstić information content (AvgIpc) is 3.27. The van der Waals surface area contributed by atoms with Crippen LogP contribution in [0.25, 0.3) is 10.9 Å². The van der Waals surface area contributed by atoms with Crippen LogP contribution in [0.1, 0.15) is 18.4 Å². The first-order valence-corrected chi connectivity index (χ1v) is 9.41. The van der Waals surface area contributed by atoms with Gasteiger partial charge in [0.15, 0.2) is 0 Å². The third-order valence-corrected chi connectivity index (χ3v) is 5.97. The Kier molecular flexibility index (Phi) is 3.69. The number of anilines is 1. The van der Waals surface area contributed by atoms with Crippen LogP contribution in [-0.4, -0.2) is 28.2 Å². The van der Waals surface area contributed by atoms with Gasteiger partial charge in [-0.15, -0.1) is 0 Å². The Morgan fingerprint density at radius 1 is 1.21 bits per heavy atom. The molecule has 0 radical (unpaired) electrons. The van der Waals surface area contributed by atoms with Crippen molar-refractivity contribution in [3.63, 3.8) is 0 Å². The van der Waals surface area contributed by atoms with Crippen molar-refractivity contribution in [1.29, 1.82) is 0 Å². The van der Waals surface area contributed by atoms with E-state index in [0.717, 1.165) is 40.7 Å². The van der Waals surface area contributed by atoms with Crippen LogP contribution in [0.2, 0.25) is 0 Å². The Morgan fingerprint density at radius 3 is 2.93 bits per heavy atom. The summed E-state index contributed by atoms with van der Waals surface area (Å²) in [4.78, 5) is 23.9. The van der Waals surface area contributed by atoms with E-state index in [1.807, 2.05) is 42.5 Å². The van der Waals surface area contributed by atoms with Gasteiger partial charge in [0.1, 0.15) is 12.3 Å². The number of rotatable bonds is 4. The van der Waals surface area contributed by atoms with Crippen molar-refractivity contribution < 1.29 is 19.4 Å². The number of carboxylic acid groups (broad SMARTS) is 1. The molecule has 0 unspecified atom stereocenters. The molecule has 2 atom stereocenters. The zero-order valence-corrected chi connectivity index (χ0v) is 15.2. The Morgan fingerprint density at radius 2 is 2.07 bits per heavy atom. The summed E-state index contributed by atoms with van der Waals surface area (Å²) in [5.41, 5.74) is 2.60. The van der Waals surface area contributed by atoms with Gasteiger partial charge in [-0.1, -0.05) is 18.2 Å². The predicted octanol–water partition coefficient (Wildman–Crippen LogP) is 3.40. The Balaban J connectivity index is 1.35. The van der Waals surface area contributed by atoms with E-state index < -0.39 is 5.97 Å². The lowest BCUT2D eigenvalue weighted by atomic mass is 9.87. The van der Waals surface area contributed by atoms with Crippen LogP contribution in [0.4, 0.5) is 5.69 Å². The fourth-order valence-corrected chi connectivity index (χ4v) is 4.50. The van der Waals surface area contributed by atoms with E-state index in [2.05, 4.69) is 11.4 Å². The van der Waals surface area contributed by atoms with Gasteiger partial charge in [0.2, 0.25) is 5.91 Å². The number of nitrogens with zero attached hydrogens (tertiary/aromatic N) is 1. The number of carbonyl (C=O) groups excluding carboxylic acids is 1. The second kappa shape index (κ2) is 6.12. The number of nitrogens with one attached hydrogen (secondary N) is 1. The predicted molar refractivity (Wildman–Crippen MR) is 105 cm³/mol. The second-order valence-corrected chi connectivity index (χ2v) is 7.61. The number of para-hydroxylation sites is 1. The normalized spacial score (nSPS) is 22.5. The summed E-state index contributed by atoms with van der Waals surface area (Å²) < 4.78 is 7.43. The van der Waals surface area contributed by atoms with Crippen molar-refractivity contribution >= 4 is 28.5 Å². The molecule has 3 aromatic rings. The molecule has 2 N–H and O–H groups in total. The van der Waals surface area contributed by atoms with Crippen molar-refractivity contribution in [2.45, 2.75) is 24.8 Å². The Hall–Kier alpha value is -3.28. The topological polar surface area (TPSA) is 80.6 Å². The molecule has 6 heteroatoms. The van der Waals surface area contributed by atoms with Gasteiger partial charge in [0.25, 0.3) is 0 Å². The molecule has 1 aromatic heterocycles. The van der Waals surface area contributed by atoms with E-state index in [-0.39, 0.29) is 23.8 Å². The molecule has 2 heterocycles. The van der Waals surface area contributed by atoms with Gasteiger partial charge in [0, 0.05) is 39.7 Å². The third-order valence-electron chi connectivity index (χ3n) is 5.97. The maximum atomic E-state index is 12.9. The highest BCUT2D eigenvalue weighted by Crippen LogP contribution is 2.60. The molecule has 142 valence electrons. The molecule has 2 aliphatic rings. The average molecular weight is 376 g/mol. The molecular weight excluding hydrogens is 356 g/mol. The van der Waals surface area contributed by atoms with Gasteiger partial charge in [-0.25, -0.2) is 0 Å². The number of hydrogen-bond donors (Lipinski definition) is 2. The smallest absolute Gasteiger partial charge is 0.323 e. The summed E-state index contributed by atoms with van der Waals surface area (Å²) in [6.45, 7) is 0.561. The van der Waals surface area contributed by atoms with Gasteiger partial charge in [-0.2, -0.15) is 0 Å². The van der Waals surface area contributed by atoms with Crippen LogP contribution < -0.4 is 10.1 Å². The first kappa shape index (κ1) is 16.9. The number of ether oxygens (including phenoxy) is 1. The zero-order chi connectivity index (χ0) is 19.3. The number of aliphatic carboxylic acids is 1. The molecule has 28 heavy (non-hydrogen) atoms. The number of carbonyl (C=O) groups is 2. The van der Waals surface area contributed by atoms with Crippen LogP contribution in [0.3, 0.4) is 0 Å². The number of aromatic nitrogens is 1. The van der Waals surface area contributed by atoms with Gasteiger partial charge in [-0.05, 0) is 43.2 Å². The fourth-order valence-electron chi connectivity index (χ4n) is 4.50. The molecule has 1 amide bonds. The van der Waals surface area contributed by atoms with E-state index in [4.69, 9.17) is 9.84 Å². The molecule has 1 aliphatic heterocycles.